The van der Waals surface area contributed by atoms with Gasteiger partial charge in [0, 0.05) is 19.6 Å². The van der Waals surface area contributed by atoms with Crippen LogP contribution in [0, 0.1) is 17.8 Å². The second-order valence-electron chi connectivity index (χ2n) is 12.6. The molecule has 0 aromatic heterocycles. The normalized spacial score (nSPS) is 24.7. The van der Waals surface area contributed by atoms with Crippen molar-refractivity contribution in [1.29, 1.82) is 0 Å². The SMILES string of the molecule is CO[C@@H](C)[C@H]1C[C@H](C)[C@H]([C@@H](C)/C=C/[C@H](CC[C@@H](C)COCc2ccccc2)O[Si](C)(C)C(C)(C)C)O1. The summed E-state index contributed by atoms with van der Waals surface area (Å²) in [5.41, 5.74) is 1.23. The predicted molar refractivity (Wildman–Crippen MR) is 154 cm³/mol. The first-order valence-corrected chi connectivity index (χ1v) is 16.9. The summed E-state index contributed by atoms with van der Waals surface area (Å²) in [7, 11) is -0.118. The van der Waals surface area contributed by atoms with Crippen molar-refractivity contribution < 1.29 is 18.6 Å². The second-order valence-corrected chi connectivity index (χ2v) is 17.4. The topological polar surface area (TPSA) is 36.9 Å². The molecule has 0 unspecified atom stereocenters. The molecule has 7 atom stereocenters. The fourth-order valence-corrected chi connectivity index (χ4v) is 5.94. The summed E-state index contributed by atoms with van der Waals surface area (Å²) in [5.74, 6) is 1.35. The van der Waals surface area contributed by atoms with Crippen LogP contribution >= 0.6 is 0 Å². The average molecular weight is 519 g/mol. The van der Waals surface area contributed by atoms with Crippen LogP contribution in [-0.2, 0) is 25.2 Å². The van der Waals surface area contributed by atoms with Gasteiger partial charge >= 0.3 is 0 Å². The van der Waals surface area contributed by atoms with Crippen LogP contribution in [0.25, 0.3) is 0 Å². The number of ether oxygens (including phenoxy) is 3. The largest absolute Gasteiger partial charge is 0.411 e. The van der Waals surface area contributed by atoms with E-state index < -0.39 is 8.32 Å². The Balaban J connectivity index is 1.97. The molecule has 4 nitrogen and oxygen atoms in total. The molecule has 1 heterocycles. The molecular weight excluding hydrogens is 464 g/mol. The molecule has 36 heavy (non-hydrogen) atoms. The number of hydrogen-bond donors (Lipinski definition) is 0. The first kappa shape index (κ1) is 31.2. The highest BCUT2D eigenvalue weighted by Crippen LogP contribution is 2.38. The van der Waals surface area contributed by atoms with Gasteiger partial charge in [-0.1, -0.05) is 84.0 Å². The van der Waals surface area contributed by atoms with Gasteiger partial charge in [-0.3, -0.25) is 0 Å². The van der Waals surface area contributed by atoms with Crippen LogP contribution in [0.2, 0.25) is 18.1 Å². The number of rotatable bonds is 14. The van der Waals surface area contributed by atoms with E-state index in [1.807, 2.05) is 6.07 Å². The minimum Gasteiger partial charge on any atom is -0.411 e. The van der Waals surface area contributed by atoms with Crippen molar-refractivity contribution in [3.05, 3.63) is 48.0 Å². The Bertz CT molecular complexity index is 773. The molecule has 0 amide bonds. The lowest BCUT2D eigenvalue weighted by molar-refractivity contribution is -0.0558. The molecule has 5 heteroatoms. The zero-order valence-corrected chi connectivity index (χ0v) is 25.8. The van der Waals surface area contributed by atoms with Gasteiger partial charge in [-0.15, -0.1) is 0 Å². The van der Waals surface area contributed by atoms with Gasteiger partial charge in [0.1, 0.15) is 0 Å². The Kier molecular flexibility index (Phi) is 12.4. The second kappa shape index (κ2) is 14.2. The van der Waals surface area contributed by atoms with E-state index >= 15 is 0 Å². The molecule has 206 valence electrons. The van der Waals surface area contributed by atoms with E-state index in [1.54, 1.807) is 7.11 Å². The molecule has 1 fully saturated rings. The van der Waals surface area contributed by atoms with E-state index in [2.05, 4.69) is 98.0 Å². The molecule has 1 aromatic rings. The Morgan fingerprint density at radius 3 is 2.33 bits per heavy atom. The minimum absolute atomic E-state index is 0.121. The van der Waals surface area contributed by atoms with Gasteiger partial charge in [-0.2, -0.15) is 0 Å². The van der Waals surface area contributed by atoms with Crippen molar-refractivity contribution in [2.24, 2.45) is 17.8 Å². The van der Waals surface area contributed by atoms with Gasteiger partial charge in [0.15, 0.2) is 8.32 Å². The monoisotopic (exact) mass is 518 g/mol. The highest BCUT2D eigenvalue weighted by Gasteiger charge is 2.39. The van der Waals surface area contributed by atoms with Gasteiger partial charge in [0.2, 0.25) is 0 Å². The zero-order valence-electron chi connectivity index (χ0n) is 24.8. The summed E-state index contributed by atoms with van der Waals surface area (Å²) in [6, 6.07) is 10.4. The first-order chi connectivity index (χ1) is 16.8. The predicted octanol–water partition coefficient (Wildman–Crippen LogP) is 8.03. The van der Waals surface area contributed by atoms with Gasteiger partial charge in [0.25, 0.3) is 0 Å². The maximum atomic E-state index is 6.89. The van der Waals surface area contributed by atoms with Crippen LogP contribution < -0.4 is 0 Å². The maximum Gasteiger partial charge on any atom is 0.192 e. The molecule has 0 aliphatic carbocycles. The average Bonchev–Trinajstić information content (AvgIpc) is 3.21. The van der Waals surface area contributed by atoms with Gasteiger partial charge < -0.3 is 18.6 Å². The van der Waals surface area contributed by atoms with Crippen molar-refractivity contribution in [3.63, 3.8) is 0 Å². The molecule has 0 N–H and O–H groups in total. The summed E-state index contributed by atoms with van der Waals surface area (Å²) >= 11 is 0. The number of hydrogen-bond acceptors (Lipinski definition) is 4. The Hall–Kier alpha value is -0.983. The molecule has 0 bridgehead atoms. The van der Waals surface area contributed by atoms with Crippen LogP contribution in [-0.4, -0.2) is 46.4 Å². The molecular formula is C31H54O4Si. The molecule has 1 aliphatic heterocycles. The third-order valence-electron chi connectivity index (χ3n) is 8.25. The summed E-state index contributed by atoms with van der Waals surface area (Å²) in [6.07, 6.45) is 8.48. The van der Waals surface area contributed by atoms with Crippen molar-refractivity contribution in [2.75, 3.05) is 13.7 Å². The Morgan fingerprint density at radius 1 is 1.06 bits per heavy atom. The highest BCUT2D eigenvalue weighted by atomic mass is 28.4. The fourth-order valence-electron chi connectivity index (χ4n) is 4.63. The van der Waals surface area contributed by atoms with Crippen molar-refractivity contribution in [1.82, 2.24) is 0 Å². The smallest absolute Gasteiger partial charge is 0.192 e. The lowest BCUT2D eigenvalue weighted by Crippen LogP contribution is -2.43. The Labute approximate surface area is 223 Å². The van der Waals surface area contributed by atoms with Crippen LogP contribution in [0.3, 0.4) is 0 Å². The van der Waals surface area contributed by atoms with E-state index in [0.717, 1.165) is 25.9 Å². The highest BCUT2D eigenvalue weighted by molar-refractivity contribution is 6.74. The van der Waals surface area contributed by atoms with Crippen molar-refractivity contribution in [3.8, 4) is 0 Å². The quantitative estimate of drug-likeness (QED) is 0.184. The first-order valence-electron chi connectivity index (χ1n) is 14.0. The fraction of sp³-hybridized carbons (Fsp3) is 0.742. The zero-order chi connectivity index (χ0) is 26.9. The van der Waals surface area contributed by atoms with Gasteiger partial charge in [-0.05, 0) is 61.7 Å². The van der Waals surface area contributed by atoms with E-state index in [9.17, 15) is 0 Å². The molecule has 0 radical (unpaired) electrons. The number of methoxy groups -OCH3 is 1. The van der Waals surface area contributed by atoms with E-state index in [4.69, 9.17) is 18.6 Å². The molecule has 2 rings (SSSR count). The third kappa shape index (κ3) is 9.72. The van der Waals surface area contributed by atoms with Crippen molar-refractivity contribution in [2.45, 2.75) is 117 Å². The Morgan fingerprint density at radius 2 is 1.72 bits per heavy atom. The third-order valence-corrected chi connectivity index (χ3v) is 12.8. The standard InChI is InChI=1S/C31H54O4Si/c1-23(21-33-22-27-14-12-11-13-15-27)16-18-28(35-36(9,10)31(5,6)7)19-17-24(2)30-25(3)20-29(34-30)26(4)32-8/h11-15,17,19,23-26,28-30H,16,18,20-22H2,1-10H3/b19-17+/t23-,24+,25+,26+,28+,29-,30+/m1/s1. The molecule has 1 aliphatic rings. The lowest BCUT2D eigenvalue weighted by atomic mass is 9.91. The van der Waals surface area contributed by atoms with Crippen LogP contribution in [0.1, 0.15) is 73.3 Å². The summed E-state index contributed by atoms with van der Waals surface area (Å²) in [6.45, 7) is 22.1. The summed E-state index contributed by atoms with van der Waals surface area (Å²) in [5, 5.41) is 0.182. The van der Waals surface area contributed by atoms with E-state index in [0.29, 0.717) is 24.4 Å². The van der Waals surface area contributed by atoms with Gasteiger partial charge in [-0.25, -0.2) is 0 Å². The summed E-state index contributed by atoms with van der Waals surface area (Å²) in [4.78, 5) is 0. The maximum absolute atomic E-state index is 6.89. The van der Waals surface area contributed by atoms with Crippen LogP contribution in [0.5, 0.6) is 0 Å². The van der Waals surface area contributed by atoms with Crippen LogP contribution in [0.15, 0.2) is 42.5 Å². The van der Waals surface area contributed by atoms with Crippen molar-refractivity contribution >= 4 is 8.32 Å². The van der Waals surface area contributed by atoms with E-state index in [1.165, 1.54) is 5.56 Å². The summed E-state index contributed by atoms with van der Waals surface area (Å²) < 4.78 is 24.9. The van der Waals surface area contributed by atoms with Gasteiger partial charge in [0.05, 0.1) is 31.0 Å². The minimum atomic E-state index is -1.89. The van der Waals surface area contributed by atoms with Crippen LogP contribution in [0.4, 0.5) is 0 Å². The molecule has 1 aromatic carbocycles. The molecule has 1 saturated heterocycles. The van der Waals surface area contributed by atoms with E-state index in [-0.39, 0.29) is 29.5 Å². The molecule has 0 spiro atoms. The number of benzene rings is 1. The molecule has 0 saturated carbocycles. The lowest BCUT2D eigenvalue weighted by Gasteiger charge is -2.39.